The van der Waals surface area contributed by atoms with Crippen molar-refractivity contribution >= 4 is 29.9 Å². The number of hydrogen-bond acceptors (Lipinski definition) is 6. The van der Waals surface area contributed by atoms with Crippen molar-refractivity contribution in [1.82, 2.24) is 9.97 Å². The molecule has 1 aliphatic rings. The molecule has 7 heteroatoms. The van der Waals surface area contributed by atoms with Crippen molar-refractivity contribution in [2.75, 3.05) is 23.4 Å². The van der Waals surface area contributed by atoms with E-state index in [1.165, 1.54) is 0 Å². The number of halogens is 1. The van der Waals surface area contributed by atoms with Crippen LogP contribution in [0.2, 0.25) is 0 Å². The highest BCUT2D eigenvalue weighted by molar-refractivity contribution is 5.85. The number of anilines is 3. The van der Waals surface area contributed by atoms with Crippen molar-refractivity contribution in [3.8, 4) is 6.07 Å². The van der Waals surface area contributed by atoms with Crippen LogP contribution in [0.1, 0.15) is 49.4 Å². The summed E-state index contributed by atoms with van der Waals surface area (Å²) in [6, 6.07) is 10.1. The highest BCUT2D eigenvalue weighted by Gasteiger charge is 2.25. The van der Waals surface area contributed by atoms with Crippen LogP contribution in [0, 0.1) is 18.3 Å². The second-order valence-corrected chi connectivity index (χ2v) is 7.08. The lowest BCUT2D eigenvalue weighted by Gasteiger charge is -2.25. The van der Waals surface area contributed by atoms with Gasteiger partial charge < -0.3 is 15.3 Å². The number of hydrogen-bond donors (Lipinski definition) is 2. The van der Waals surface area contributed by atoms with Gasteiger partial charge in [0.05, 0.1) is 24.3 Å². The average Bonchev–Trinajstić information content (AvgIpc) is 3.16. The van der Waals surface area contributed by atoms with Crippen LogP contribution in [-0.2, 0) is 6.42 Å². The van der Waals surface area contributed by atoms with Crippen molar-refractivity contribution < 1.29 is 5.11 Å². The summed E-state index contributed by atoms with van der Waals surface area (Å²) < 4.78 is 0. The molecular formula is C21H28ClN5O. The van der Waals surface area contributed by atoms with Crippen molar-refractivity contribution in [3.63, 3.8) is 0 Å². The lowest BCUT2D eigenvalue weighted by atomic mass is 10.1. The molecule has 1 aromatic carbocycles. The van der Waals surface area contributed by atoms with Gasteiger partial charge in [-0.25, -0.2) is 4.98 Å². The first-order valence-electron chi connectivity index (χ1n) is 9.67. The minimum absolute atomic E-state index is 0. The van der Waals surface area contributed by atoms with Gasteiger partial charge in [0.15, 0.2) is 0 Å². The van der Waals surface area contributed by atoms with Crippen LogP contribution in [0.3, 0.4) is 0 Å². The van der Waals surface area contributed by atoms with Gasteiger partial charge in [-0.05, 0) is 50.3 Å². The molecule has 1 fully saturated rings. The molecule has 0 saturated carbocycles. The van der Waals surface area contributed by atoms with Crippen LogP contribution in [0.4, 0.5) is 17.5 Å². The van der Waals surface area contributed by atoms with Crippen LogP contribution in [0.25, 0.3) is 0 Å². The number of nitriles is 1. The molecule has 0 radical (unpaired) electrons. The summed E-state index contributed by atoms with van der Waals surface area (Å²) in [4.78, 5) is 11.6. The molecule has 150 valence electrons. The van der Waals surface area contributed by atoms with E-state index in [9.17, 15) is 10.4 Å². The highest BCUT2D eigenvalue weighted by Crippen LogP contribution is 2.27. The zero-order chi connectivity index (χ0) is 19.2. The third kappa shape index (κ3) is 5.12. The SMILES string of the molecule is CCCCc1cc(N2CCCC2CO)nc(Nc2ccc(C)c(C#N)c2)n1.Cl. The first kappa shape index (κ1) is 21.9. The molecule has 1 aromatic heterocycles. The minimum atomic E-state index is 0. The first-order chi connectivity index (χ1) is 13.1. The van der Waals surface area contributed by atoms with Crippen molar-refractivity contribution in [3.05, 3.63) is 41.1 Å². The summed E-state index contributed by atoms with van der Waals surface area (Å²) in [7, 11) is 0. The van der Waals surface area contributed by atoms with Crippen molar-refractivity contribution in [2.45, 2.75) is 52.0 Å². The van der Waals surface area contributed by atoms with E-state index < -0.39 is 0 Å². The number of unbranched alkanes of at least 4 members (excludes halogenated alkanes) is 1. The van der Waals surface area contributed by atoms with Gasteiger partial charge in [-0.3, -0.25) is 0 Å². The van der Waals surface area contributed by atoms with E-state index >= 15 is 0 Å². The maximum absolute atomic E-state index is 9.67. The summed E-state index contributed by atoms with van der Waals surface area (Å²) in [5, 5.41) is 22.2. The fraction of sp³-hybridized carbons (Fsp3) is 0.476. The molecule has 1 aliphatic heterocycles. The van der Waals surface area contributed by atoms with Gasteiger partial charge >= 0.3 is 0 Å². The molecule has 1 atom stereocenters. The number of rotatable bonds is 7. The van der Waals surface area contributed by atoms with Crippen molar-refractivity contribution in [2.24, 2.45) is 0 Å². The average molecular weight is 402 g/mol. The van der Waals surface area contributed by atoms with Gasteiger partial charge in [0, 0.05) is 24.0 Å². The lowest BCUT2D eigenvalue weighted by molar-refractivity contribution is 0.266. The van der Waals surface area contributed by atoms with E-state index in [0.717, 1.165) is 61.4 Å². The number of nitrogens with one attached hydrogen (secondary N) is 1. The molecule has 0 spiro atoms. The number of aliphatic hydroxyl groups excluding tert-OH is 1. The molecule has 3 rings (SSSR count). The fourth-order valence-electron chi connectivity index (χ4n) is 3.45. The summed E-state index contributed by atoms with van der Waals surface area (Å²) in [6.07, 6.45) is 5.12. The second kappa shape index (κ2) is 10.3. The summed E-state index contributed by atoms with van der Waals surface area (Å²) in [5.41, 5.74) is 3.39. The summed E-state index contributed by atoms with van der Waals surface area (Å²) in [5.74, 6) is 1.40. The fourth-order valence-corrected chi connectivity index (χ4v) is 3.45. The van der Waals surface area contributed by atoms with Crippen LogP contribution in [-0.4, -0.2) is 34.3 Å². The maximum Gasteiger partial charge on any atom is 0.229 e. The smallest absolute Gasteiger partial charge is 0.229 e. The summed E-state index contributed by atoms with van der Waals surface area (Å²) >= 11 is 0. The van der Waals surface area contributed by atoms with E-state index in [4.69, 9.17) is 4.98 Å². The monoisotopic (exact) mass is 401 g/mol. The lowest BCUT2D eigenvalue weighted by Crippen LogP contribution is -2.33. The largest absolute Gasteiger partial charge is 0.394 e. The van der Waals surface area contributed by atoms with Crippen LogP contribution in [0.15, 0.2) is 24.3 Å². The van der Waals surface area contributed by atoms with Gasteiger partial charge in [0.2, 0.25) is 5.95 Å². The number of aryl methyl sites for hydroxylation is 2. The number of benzene rings is 1. The minimum Gasteiger partial charge on any atom is -0.394 e. The molecule has 2 heterocycles. The van der Waals surface area contributed by atoms with Crippen LogP contribution in [0.5, 0.6) is 0 Å². The molecular weight excluding hydrogens is 374 g/mol. The molecule has 0 amide bonds. The third-order valence-corrected chi connectivity index (χ3v) is 5.05. The van der Waals surface area contributed by atoms with Crippen LogP contribution < -0.4 is 10.2 Å². The van der Waals surface area contributed by atoms with Crippen LogP contribution >= 0.6 is 12.4 Å². The Kier molecular flexibility index (Phi) is 8.04. The maximum atomic E-state index is 9.67. The Morgan fingerprint density at radius 1 is 1.32 bits per heavy atom. The van der Waals surface area contributed by atoms with Gasteiger partial charge in [-0.15, -0.1) is 12.4 Å². The number of aromatic nitrogens is 2. The molecule has 1 unspecified atom stereocenters. The Labute approximate surface area is 173 Å². The Bertz CT molecular complexity index is 836. The third-order valence-electron chi connectivity index (χ3n) is 5.05. The van der Waals surface area contributed by atoms with E-state index in [0.29, 0.717) is 11.5 Å². The standard InChI is InChI=1S/C21H27N5O.ClH/c1-3-4-6-17-12-20(26-10-5-7-19(26)14-27)25-21(23-17)24-18-9-8-15(2)16(11-18)13-22;/h8-9,11-12,19,27H,3-7,10,14H2,1-2H3,(H,23,24,25);1H. The molecule has 1 saturated heterocycles. The molecule has 6 nitrogen and oxygen atoms in total. The van der Waals surface area contributed by atoms with E-state index in [-0.39, 0.29) is 25.1 Å². The highest BCUT2D eigenvalue weighted by atomic mass is 35.5. The molecule has 28 heavy (non-hydrogen) atoms. The van der Waals surface area contributed by atoms with Gasteiger partial charge in [-0.2, -0.15) is 10.2 Å². The van der Waals surface area contributed by atoms with Gasteiger partial charge in [-0.1, -0.05) is 19.4 Å². The quantitative estimate of drug-likeness (QED) is 0.725. The normalized spacial score (nSPS) is 15.8. The number of aliphatic hydroxyl groups is 1. The topological polar surface area (TPSA) is 85.1 Å². The predicted molar refractivity (Wildman–Crippen MR) is 115 cm³/mol. The molecule has 2 aromatic rings. The van der Waals surface area contributed by atoms with E-state index in [2.05, 4.69) is 28.2 Å². The number of nitrogens with zero attached hydrogens (tertiary/aromatic N) is 4. The Morgan fingerprint density at radius 2 is 2.14 bits per heavy atom. The molecule has 0 aliphatic carbocycles. The van der Waals surface area contributed by atoms with Gasteiger partial charge in [0.25, 0.3) is 0 Å². The molecule has 2 N–H and O–H groups in total. The zero-order valence-corrected chi connectivity index (χ0v) is 17.3. The second-order valence-electron chi connectivity index (χ2n) is 7.08. The summed E-state index contributed by atoms with van der Waals surface area (Å²) in [6.45, 7) is 5.13. The van der Waals surface area contributed by atoms with E-state index in [1.54, 1.807) is 0 Å². The first-order valence-corrected chi connectivity index (χ1v) is 9.67. The van der Waals surface area contributed by atoms with Crippen molar-refractivity contribution in [1.29, 1.82) is 5.26 Å². The Hall–Kier alpha value is -2.36. The molecule has 0 bridgehead atoms. The Morgan fingerprint density at radius 3 is 2.86 bits per heavy atom. The van der Waals surface area contributed by atoms with Gasteiger partial charge in [0.1, 0.15) is 5.82 Å². The predicted octanol–water partition coefficient (Wildman–Crippen LogP) is 4.13. The van der Waals surface area contributed by atoms with E-state index in [1.807, 2.05) is 31.2 Å². The Balaban J connectivity index is 0.00000280. The zero-order valence-electron chi connectivity index (χ0n) is 16.5.